The van der Waals surface area contributed by atoms with Crippen LogP contribution in [0.15, 0.2) is 23.6 Å². The Bertz CT molecular complexity index is 617. The molecule has 0 fully saturated rings. The molecule has 1 atom stereocenters. The van der Waals surface area contributed by atoms with Crippen LogP contribution in [0.5, 0.6) is 5.75 Å². The van der Waals surface area contributed by atoms with E-state index in [1.807, 2.05) is 6.92 Å². The minimum absolute atomic E-state index is 0.0293. The van der Waals surface area contributed by atoms with Gasteiger partial charge in [-0.05, 0) is 25.1 Å². The number of thiazole rings is 1. The molecule has 0 saturated carbocycles. The van der Waals surface area contributed by atoms with E-state index in [2.05, 4.69) is 31.1 Å². The van der Waals surface area contributed by atoms with Gasteiger partial charge in [-0.25, -0.2) is 9.37 Å². The third kappa shape index (κ3) is 4.02. The molecule has 0 amide bonds. The van der Waals surface area contributed by atoms with Crippen molar-refractivity contribution < 1.29 is 9.13 Å². The van der Waals surface area contributed by atoms with Crippen molar-refractivity contribution >= 4 is 11.3 Å². The van der Waals surface area contributed by atoms with Gasteiger partial charge >= 0.3 is 0 Å². The van der Waals surface area contributed by atoms with Crippen LogP contribution in [0.25, 0.3) is 0 Å². The number of benzene rings is 1. The van der Waals surface area contributed by atoms with Crippen LogP contribution in [0.1, 0.15) is 50.0 Å². The molecule has 21 heavy (non-hydrogen) atoms. The molecule has 0 aliphatic rings. The monoisotopic (exact) mass is 308 g/mol. The molecule has 5 heteroatoms. The van der Waals surface area contributed by atoms with E-state index >= 15 is 0 Å². The molecular weight excluding hydrogens is 287 g/mol. The summed E-state index contributed by atoms with van der Waals surface area (Å²) in [4.78, 5) is 4.58. The molecule has 1 aromatic heterocycles. The molecule has 1 heterocycles. The number of halogens is 1. The minimum Gasteiger partial charge on any atom is -0.486 e. The number of rotatable bonds is 4. The average molecular weight is 308 g/mol. The summed E-state index contributed by atoms with van der Waals surface area (Å²) < 4.78 is 19.1. The Morgan fingerprint density at radius 3 is 2.67 bits per heavy atom. The Balaban J connectivity index is 2.12. The van der Waals surface area contributed by atoms with Crippen molar-refractivity contribution in [2.24, 2.45) is 5.73 Å². The second kappa shape index (κ2) is 6.12. The fraction of sp³-hybridized carbons (Fsp3) is 0.438. The van der Waals surface area contributed by atoms with E-state index in [0.717, 1.165) is 10.7 Å². The van der Waals surface area contributed by atoms with E-state index < -0.39 is 0 Å². The third-order valence-corrected chi connectivity index (χ3v) is 3.96. The van der Waals surface area contributed by atoms with Crippen molar-refractivity contribution in [1.29, 1.82) is 0 Å². The molecule has 0 aliphatic carbocycles. The average Bonchev–Trinajstić information content (AvgIpc) is 2.85. The Hall–Kier alpha value is -1.46. The van der Waals surface area contributed by atoms with E-state index in [0.29, 0.717) is 17.9 Å². The number of ether oxygens (including phenoxy) is 1. The van der Waals surface area contributed by atoms with E-state index in [9.17, 15) is 4.39 Å². The summed E-state index contributed by atoms with van der Waals surface area (Å²) in [5.41, 5.74) is 7.61. The zero-order chi connectivity index (χ0) is 15.6. The van der Waals surface area contributed by atoms with Crippen molar-refractivity contribution in [2.75, 3.05) is 0 Å². The lowest BCUT2D eigenvalue weighted by Crippen LogP contribution is -2.12. The van der Waals surface area contributed by atoms with Crippen LogP contribution in [-0.2, 0) is 12.0 Å². The predicted octanol–water partition coefficient (Wildman–Crippen LogP) is 4.18. The molecule has 0 bridgehead atoms. The topological polar surface area (TPSA) is 48.1 Å². The zero-order valence-electron chi connectivity index (χ0n) is 12.8. The van der Waals surface area contributed by atoms with Gasteiger partial charge in [-0.2, -0.15) is 0 Å². The highest BCUT2D eigenvalue weighted by atomic mass is 32.1. The molecule has 2 rings (SSSR count). The molecule has 0 spiro atoms. The molecule has 0 aliphatic heterocycles. The maximum atomic E-state index is 13.3. The number of nitrogens with zero attached hydrogens (tertiary/aromatic N) is 1. The Morgan fingerprint density at radius 2 is 2.10 bits per heavy atom. The van der Waals surface area contributed by atoms with E-state index in [1.54, 1.807) is 17.4 Å². The highest BCUT2D eigenvalue weighted by Crippen LogP contribution is 2.27. The van der Waals surface area contributed by atoms with Gasteiger partial charge in [-0.1, -0.05) is 20.8 Å². The largest absolute Gasteiger partial charge is 0.486 e. The predicted molar refractivity (Wildman–Crippen MR) is 84.1 cm³/mol. The maximum Gasteiger partial charge on any atom is 0.140 e. The van der Waals surface area contributed by atoms with Crippen LogP contribution in [0.4, 0.5) is 4.39 Å². The van der Waals surface area contributed by atoms with Crippen molar-refractivity contribution in [3.63, 3.8) is 0 Å². The zero-order valence-corrected chi connectivity index (χ0v) is 13.6. The molecule has 114 valence electrons. The lowest BCUT2D eigenvalue weighted by atomic mass is 9.93. The fourth-order valence-corrected chi connectivity index (χ4v) is 2.80. The van der Waals surface area contributed by atoms with Gasteiger partial charge < -0.3 is 10.5 Å². The molecule has 0 unspecified atom stereocenters. The van der Waals surface area contributed by atoms with Gasteiger partial charge in [0, 0.05) is 22.4 Å². The highest BCUT2D eigenvalue weighted by Gasteiger charge is 2.18. The summed E-state index contributed by atoms with van der Waals surface area (Å²) in [6, 6.07) is 4.13. The minimum atomic E-state index is -0.307. The van der Waals surface area contributed by atoms with Crippen LogP contribution >= 0.6 is 11.3 Å². The number of nitrogens with two attached hydrogens (primary N) is 1. The lowest BCUT2D eigenvalue weighted by Gasteiger charge is -2.15. The second-order valence-corrected chi connectivity index (χ2v) is 7.08. The van der Waals surface area contributed by atoms with Gasteiger partial charge in [0.05, 0.1) is 5.69 Å². The van der Waals surface area contributed by atoms with Crippen LogP contribution < -0.4 is 10.5 Å². The van der Waals surface area contributed by atoms with Gasteiger partial charge in [0.15, 0.2) is 0 Å². The number of hydrogen-bond donors (Lipinski definition) is 1. The first kappa shape index (κ1) is 15.9. The first-order valence-corrected chi connectivity index (χ1v) is 7.78. The van der Waals surface area contributed by atoms with Crippen LogP contribution in [0.2, 0.25) is 0 Å². The standard InChI is InChI=1S/C16H21FN2OS/c1-10(18)12-7-11(17)5-6-13(12)20-8-15-19-14(9-21-15)16(2,3)4/h5-7,9-10H,8,18H2,1-4H3/t10-/m1/s1. The van der Waals surface area contributed by atoms with Gasteiger partial charge in [0.25, 0.3) is 0 Å². The first-order chi connectivity index (χ1) is 9.77. The normalized spacial score (nSPS) is 13.2. The van der Waals surface area contributed by atoms with Crippen molar-refractivity contribution in [1.82, 2.24) is 4.98 Å². The molecule has 2 aromatic rings. The Labute approximate surface area is 129 Å². The summed E-state index contributed by atoms with van der Waals surface area (Å²) in [6.45, 7) is 8.55. The molecule has 0 saturated heterocycles. The fourth-order valence-electron chi connectivity index (χ4n) is 1.87. The van der Waals surface area contributed by atoms with Gasteiger partial charge in [-0.15, -0.1) is 11.3 Å². The van der Waals surface area contributed by atoms with Crippen LogP contribution in [0, 0.1) is 5.82 Å². The van der Waals surface area contributed by atoms with Crippen LogP contribution in [-0.4, -0.2) is 4.98 Å². The quantitative estimate of drug-likeness (QED) is 0.922. The van der Waals surface area contributed by atoms with E-state index in [4.69, 9.17) is 10.5 Å². The summed E-state index contributed by atoms with van der Waals surface area (Å²) in [6.07, 6.45) is 0. The first-order valence-electron chi connectivity index (χ1n) is 6.90. The Morgan fingerprint density at radius 1 is 1.38 bits per heavy atom. The molecule has 0 radical (unpaired) electrons. The van der Waals surface area contributed by atoms with Crippen molar-refractivity contribution in [3.05, 3.63) is 45.7 Å². The molecular formula is C16H21FN2OS. The van der Waals surface area contributed by atoms with Gasteiger partial charge in [0.1, 0.15) is 23.2 Å². The summed E-state index contributed by atoms with van der Waals surface area (Å²) in [5.74, 6) is 0.304. The van der Waals surface area contributed by atoms with Crippen molar-refractivity contribution in [2.45, 2.75) is 45.8 Å². The van der Waals surface area contributed by atoms with Gasteiger partial charge in [-0.3, -0.25) is 0 Å². The Kier molecular flexibility index (Phi) is 4.64. The summed E-state index contributed by atoms with van der Waals surface area (Å²) >= 11 is 1.57. The maximum absolute atomic E-state index is 13.3. The van der Waals surface area contributed by atoms with Crippen molar-refractivity contribution in [3.8, 4) is 5.75 Å². The third-order valence-electron chi connectivity index (χ3n) is 3.13. The number of hydrogen-bond acceptors (Lipinski definition) is 4. The molecule has 1 aromatic carbocycles. The lowest BCUT2D eigenvalue weighted by molar-refractivity contribution is 0.299. The number of aromatic nitrogens is 1. The smallest absolute Gasteiger partial charge is 0.140 e. The summed E-state index contributed by atoms with van der Waals surface area (Å²) in [5, 5.41) is 2.95. The SMILES string of the molecule is C[C@@H](N)c1cc(F)ccc1OCc1nc(C(C)(C)C)cs1. The summed E-state index contributed by atoms with van der Waals surface area (Å²) in [7, 11) is 0. The second-order valence-electron chi connectivity index (χ2n) is 6.14. The van der Waals surface area contributed by atoms with E-state index in [-0.39, 0.29) is 17.3 Å². The van der Waals surface area contributed by atoms with Gasteiger partial charge in [0.2, 0.25) is 0 Å². The molecule has 2 N–H and O–H groups in total. The highest BCUT2D eigenvalue weighted by molar-refractivity contribution is 7.09. The van der Waals surface area contributed by atoms with E-state index in [1.165, 1.54) is 12.1 Å². The molecule has 3 nitrogen and oxygen atoms in total. The van der Waals surface area contributed by atoms with Crippen LogP contribution in [0.3, 0.4) is 0 Å².